The second-order valence-corrected chi connectivity index (χ2v) is 15.9. The zero-order valence-electron chi connectivity index (χ0n) is 25.6. The molecule has 2 unspecified atom stereocenters. The lowest BCUT2D eigenvalue weighted by Crippen LogP contribution is -2.51. The summed E-state index contributed by atoms with van der Waals surface area (Å²) < 4.78 is 23.8. The summed E-state index contributed by atoms with van der Waals surface area (Å²) in [5, 5.41) is 10.9. The summed E-state index contributed by atoms with van der Waals surface area (Å²) in [5.41, 5.74) is 1.88. The minimum Gasteiger partial charge on any atom is -0.404 e. The van der Waals surface area contributed by atoms with Crippen molar-refractivity contribution < 1.29 is 23.4 Å². The van der Waals surface area contributed by atoms with Gasteiger partial charge in [-0.25, -0.2) is 4.57 Å². The highest BCUT2D eigenvalue weighted by Gasteiger charge is 2.59. The average Bonchev–Trinajstić information content (AvgIpc) is 3.26. The smallest absolute Gasteiger partial charge is 0.404 e. The topological polar surface area (TPSA) is 98.9 Å². The first-order chi connectivity index (χ1) is 19.3. The number of fused-ring (bicyclic) bond motifs is 5. The zero-order valence-corrected chi connectivity index (χ0v) is 26.5. The molecule has 4 aliphatic carbocycles. The van der Waals surface area contributed by atoms with Crippen LogP contribution < -0.4 is 4.52 Å². The number of nitro benzene ring substituents is 1. The fraction of sp³-hybridized carbons (Fsp3) is 0.758. The molecule has 0 amide bonds. The summed E-state index contributed by atoms with van der Waals surface area (Å²) in [6.07, 6.45) is 15.0. The van der Waals surface area contributed by atoms with Crippen LogP contribution in [0.5, 0.6) is 5.75 Å². The average molecular weight is 588 g/mol. The van der Waals surface area contributed by atoms with Crippen molar-refractivity contribution in [3.63, 3.8) is 0 Å². The van der Waals surface area contributed by atoms with Crippen molar-refractivity contribution >= 4 is 13.5 Å². The second kappa shape index (κ2) is 11.8. The van der Waals surface area contributed by atoms with Crippen LogP contribution in [-0.2, 0) is 9.09 Å². The Morgan fingerprint density at radius 3 is 2.46 bits per heavy atom. The third-order valence-corrected chi connectivity index (χ3v) is 12.8. The largest absolute Gasteiger partial charge is 0.527 e. The van der Waals surface area contributed by atoms with E-state index in [2.05, 4.69) is 40.7 Å². The molecule has 0 aliphatic heterocycles. The van der Waals surface area contributed by atoms with Crippen LogP contribution in [0.1, 0.15) is 105 Å². The lowest BCUT2D eigenvalue weighted by atomic mass is 9.47. The van der Waals surface area contributed by atoms with Crippen molar-refractivity contribution in [2.24, 2.45) is 46.3 Å². The number of nitro groups is 1. The lowest BCUT2D eigenvalue weighted by molar-refractivity contribution is -0.384. The van der Waals surface area contributed by atoms with Gasteiger partial charge in [-0.15, -0.1) is 0 Å². The van der Waals surface area contributed by atoms with E-state index >= 15 is 0 Å². The second-order valence-electron chi connectivity index (χ2n) is 14.6. The number of rotatable bonds is 10. The number of hydrogen-bond donors (Lipinski definition) is 1. The molecule has 0 heterocycles. The highest BCUT2D eigenvalue weighted by Crippen LogP contribution is 2.67. The Kier molecular flexibility index (Phi) is 8.83. The van der Waals surface area contributed by atoms with Crippen LogP contribution in [0.3, 0.4) is 0 Å². The fourth-order valence-corrected chi connectivity index (χ4v) is 10.7. The summed E-state index contributed by atoms with van der Waals surface area (Å²) in [7, 11) is -4.37. The van der Waals surface area contributed by atoms with Gasteiger partial charge < -0.3 is 4.52 Å². The number of hydrogen-bond acceptors (Lipinski definition) is 5. The summed E-state index contributed by atoms with van der Waals surface area (Å²) in [6, 6.07) is 5.14. The molecule has 7 nitrogen and oxygen atoms in total. The molecule has 0 spiro atoms. The molecule has 9 atom stereocenters. The number of non-ortho nitro benzene ring substituents is 1. The van der Waals surface area contributed by atoms with E-state index in [1.807, 2.05) is 0 Å². The van der Waals surface area contributed by atoms with Crippen LogP contribution in [0.4, 0.5) is 5.69 Å². The normalized spacial score (nSPS) is 36.9. The van der Waals surface area contributed by atoms with Crippen LogP contribution in [0.2, 0.25) is 0 Å². The molecular formula is C33H50NO6P. The van der Waals surface area contributed by atoms with Crippen LogP contribution >= 0.6 is 7.82 Å². The monoisotopic (exact) mass is 587 g/mol. The summed E-state index contributed by atoms with van der Waals surface area (Å²) >= 11 is 0. The summed E-state index contributed by atoms with van der Waals surface area (Å²) in [6.45, 7) is 12.3. The van der Waals surface area contributed by atoms with E-state index in [4.69, 9.17) is 9.05 Å². The van der Waals surface area contributed by atoms with Gasteiger partial charge >= 0.3 is 7.82 Å². The van der Waals surface area contributed by atoms with Gasteiger partial charge in [0, 0.05) is 12.1 Å². The molecule has 0 aromatic heterocycles. The highest BCUT2D eigenvalue weighted by atomic mass is 31.2. The molecule has 41 heavy (non-hydrogen) atoms. The standard InChI is InChI=1S/C33H50NO6P/c1-22(2)7-6-8-23(3)29-15-16-30-28-14-9-24-21-27(17-19-32(24,4)31(28)18-20-33(29,30)5)40-41(37,38)39-26-12-10-25(11-13-26)34(35)36/h9-13,22-23,27-31H,6-8,14-21H2,1-5H3,(H,37,38)/t23-,27?,28+,29-,30+,31+,32+,33-/m1/s1. The first-order valence-electron chi connectivity index (χ1n) is 16.0. The number of allylic oxidation sites excluding steroid dienone is 1. The fourth-order valence-electron chi connectivity index (χ4n) is 9.71. The molecule has 0 saturated heterocycles. The number of benzene rings is 1. The van der Waals surface area contributed by atoms with E-state index in [0.717, 1.165) is 48.9 Å². The van der Waals surface area contributed by atoms with Crippen molar-refractivity contribution in [1.82, 2.24) is 0 Å². The third kappa shape index (κ3) is 6.19. The molecule has 3 fully saturated rings. The van der Waals surface area contributed by atoms with Gasteiger partial charge in [-0.05, 0) is 110 Å². The van der Waals surface area contributed by atoms with Gasteiger partial charge in [0.1, 0.15) is 5.75 Å². The summed E-state index contributed by atoms with van der Waals surface area (Å²) in [5.74, 6) is 4.74. The Labute approximate surface area is 246 Å². The molecule has 1 aromatic carbocycles. The van der Waals surface area contributed by atoms with Gasteiger partial charge in [0.2, 0.25) is 0 Å². The predicted octanol–water partition coefficient (Wildman–Crippen LogP) is 9.50. The van der Waals surface area contributed by atoms with Crippen molar-refractivity contribution in [2.75, 3.05) is 0 Å². The minimum absolute atomic E-state index is 0.0798. The van der Waals surface area contributed by atoms with E-state index in [9.17, 15) is 19.6 Å². The van der Waals surface area contributed by atoms with Crippen molar-refractivity contribution in [3.8, 4) is 5.75 Å². The third-order valence-electron chi connectivity index (χ3n) is 11.8. The van der Waals surface area contributed by atoms with Gasteiger partial charge in [-0.2, -0.15) is 0 Å². The van der Waals surface area contributed by atoms with Crippen LogP contribution in [0, 0.1) is 56.5 Å². The van der Waals surface area contributed by atoms with E-state index in [0.29, 0.717) is 17.8 Å². The maximum atomic E-state index is 12.8. The molecule has 0 radical (unpaired) electrons. The number of phosphoric ester groups is 1. The number of nitrogens with zero attached hydrogens (tertiary/aromatic N) is 1. The van der Waals surface area contributed by atoms with Crippen LogP contribution in [0.15, 0.2) is 35.9 Å². The maximum absolute atomic E-state index is 12.8. The number of phosphoric acid groups is 1. The molecule has 1 aromatic rings. The maximum Gasteiger partial charge on any atom is 0.527 e. The quantitative estimate of drug-likeness (QED) is 0.127. The zero-order chi connectivity index (χ0) is 29.6. The Hall–Kier alpha value is -1.69. The molecule has 228 valence electrons. The molecular weight excluding hydrogens is 537 g/mol. The predicted molar refractivity (Wildman–Crippen MR) is 161 cm³/mol. The molecule has 0 bridgehead atoms. The molecule has 3 saturated carbocycles. The van der Waals surface area contributed by atoms with Crippen molar-refractivity contribution in [1.29, 1.82) is 0 Å². The molecule has 5 rings (SSSR count). The van der Waals surface area contributed by atoms with Crippen molar-refractivity contribution in [3.05, 3.63) is 46.0 Å². The van der Waals surface area contributed by atoms with E-state index in [1.54, 1.807) is 0 Å². The Morgan fingerprint density at radius 1 is 1.05 bits per heavy atom. The van der Waals surface area contributed by atoms with Gasteiger partial charge in [0.25, 0.3) is 5.69 Å². The molecule has 4 aliphatic rings. The van der Waals surface area contributed by atoms with Gasteiger partial charge in [-0.3, -0.25) is 19.5 Å². The van der Waals surface area contributed by atoms with E-state index < -0.39 is 12.7 Å². The van der Waals surface area contributed by atoms with Crippen LogP contribution in [0.25, 0.3) is 0 Å². The minimum atomic E-state index is -4.37. The van der Waals surface area contributed by atoms with Gasteiger partial charge in [-0.1, -0.05) is 65.5 Å². The Balaban J connectivity index is 1.22. The lowest BCUT2D eigenvalue weighted by Gasteiger charge is -2.58. The highest BCUT2D eigenvalue weighted by molar-refractivity contribution is 7.47. The van der Waals surface area contributed by atoms with Gasteiger partial charge in [0.15, 0.2) is 0 Å². The molecule has 1 N–H and O–H groups in total. The Morgan fingerprint density at radius 2 is 1.78 bits per heavy atom. The Bertz CT molecular complexity index is 1180. The van der Waals surface area contributed by atoms with E-state index in [1.165, 1.54) is 74.8 Å². The first kappa shape index (κ1) is 30.8. The molecule has 8 heteroatoms. The first-order valence-corrected chi connectivity index (χ1v) is 17.5. The summed E-state index contributed by atoms with van der Waals surface area (Å²) in [4.78, 5) is 20.8. The SMILES string of the molecule is CC(C)CCC[C@@H](C)[C@H]1CC[C@H]2[C@@H]3CC=C4CC(OP(=O)(O)Oc5ccc([N+](=O)[O-])cc5)CC[C@]4(C)[C@H]3CC[C@]12C. The van der Waals surface area contributed by atoms with E-state index in [-0.39, 0.29) is 23.0 Å². The van der Waals surface area contributed by atoms with Gasteiger partial charge in [0.05, 0.1) is 11.0 Å². The van der Waals surface area contributed by atoms with Crippen LogP contribution in [-0.4, -0.2) is 15.9 Å². The van der Waals surface area contributed by atoms with Crippen molar-refractivity contribution in [2.45, 2.75) is 111 Å².